The van der Waals surface area contributed by atoms with Gasteiger partial charge in [0.1, 0.15) is 0 Å². The lowest BCUT2D eigenvalue weighted by molar-refractivity contribution is -0.153. The molecule has 5 heteroatoms. The van der Waals surface area contributed by atoms with Gasteiger partial charge in [0, 0.05) is 13.2 Å². The highest BCUT2D eigenvalue weighted by atomic mass is 16.5. The number of hydrogen-bond donors (Lipinski definition) is 1. The molecule has 0 fully saturated rings. The highest BCUT2D eigenvalue weighted by molar-refractivity contribution is 5.75. The third-order valence-electron chi connectivity index (χ3n) is 4.34. The Hall–Kier alpha value is -1.10. The third kappa shape index (κ3) is 9.91. The third-order valence-corrected chi connectivity index (χ3v) is 4.34. The van der Waals surface area contributed by atoms with E-state index in [0.29, 0.717) is 19.6 Å². The molecule has 0 radical (unpaired) electrons. The molecule has 5 nitrogen and oxygen atoms in total. The first-order chi connectivity index (χ1) is 11.1. The Kier molecular flexibility index (Phi) is 10.9. The topological polar surface area (TPSA) is 72.8 Å². The maximum absolute atomic E-state index is 11.8. The van der Waals surface area contributed by atoms with Crippen LogP contribution in [0.1, 0.15) is 79.6 Å². The van der Waals surface area contributed by atoms with Crippen LogP contribution in [0.15, 0.2) is 0 Å². The molecule has 0 unspecified atom stereocenters. The molecular weight excluding hydrogens is 308 g/mol. The second-order valence-corrected chi connectivity index (χ2v) is 7.67. The SMILES string of the molecule is CCOC(=O)C(C)(C)CCCCCOCCCCC(C)(C)C(=O)O. The first-order valence-electron chi connectivity index (χ1n) is 9.12. The number of ether oxygens (including phenoxy) is 2. The molecule has 0 aromatic heterocycles. The van der Waals surface area contributed by atoms with Gasteiger partial charge in [0.25, 0.3) is 0 Å². The first-order valence-corrected chi connectivity index (χ1v) is 9.12. The summed E-state index contributed by atoms with van der Waals surface area (Å²) in [5.74, 6) is -0.861. The molecule has 0 spiro atoms. The number of esters is 1. The summed E-state index contributed by atoms with van der Waals surface area (Å²) in [5, 5.41) is 9.03. The lowest BCUT2D eigenvalue weighted by Crippen LogP contribution is -2.26. The van der Waals surface area contributed by atoms with E-state index < -0.39 is 16.8 Å². The van der Waals surface area contributed by atoms with E-state index in [-0.39, 0.29) is 5.97 Å². The molecule has 0 amide bonds. The summed E-state index contributed by atoms with van der Waals surface area (Å²) >= 11 is 0. The summed E-state index contributed by atoms with van der Waals surface area (Å²) < 4.78 is 10.7. The number of carbonyl (C=O) groups excluding carboxylic acids is 1. The van der Waals surface area contributed by atoms with Gasteiger partial charge >= 0.3 is 11.9 Å². The second kappa shape index (κ2) is 11.5. The molecule has 0 aliphatic carbocycles. The van der Waals surface area contributed by atoms with Crippen LogP contribution in [-0.2, 0) is 19.1 Å². The van der Waals surface area contributed by atoms with Gasteiger partial charge in [0.15, 0.2) is 0 Å². The Morgan fingerprint density at radius 1 is 0.833 bits per heavy atom. The van der Waals surface area contributed by atoms with Crippen LogP contribution < -0.4 is 0 Å². The van der Waals surface area contributed by atoms with Gasteiger partial charge in [-0.1, -0.05) is 19.3 Å². The van der Waals surface area contributed by atoms with E-state index >= 15 is 0 Å². The molecule has 1 N–H and O–H groups in total. The molecule has 0 saturated carbocycles. The zero-order chi connectivity index (χ0) is 18.6. The van der Waals surface area contributed by atoms with E-state index in [1.54, 1.807) is 13.8 Å². The lowest BCUT2D eigenvalue weighted by Gasteiger charge is -2.21. The van der Waals surface area contributed by atoms with Crippen molar-refractivity contribution in [1.82, 2.24) is 0 Å². The van der Waals surface area contributed by atoms with Crippen molar-refractivity contribution in [2.75, 3.05) is 19.8 Å². The molecule has 0 aromatic carbocycles. The lowest BCUT2D eigenvalue weighted by atomic mass is 9.87. The van der Waals surface area contributed by atoms with Gasteiger partial charge in [-0.25, -0.2) is 0 Å². The van der Waals surface area contributed by atoms with Crippen LogP contribution in [0.2, 0.25) is 0 Å². The Labute approximate surface area is 147 Å². The van der Waals surface area contributed by atoms with Crippen LogP contribution in [0.25, 0.3) is 0 Å². The molecule has 0 aromatic rings. The average Bonchev–Trinajstić information content (AvgIpc) is 2.49. The first kappa shape index (κ1) is 22.9. The van der Waals surface area contributed by atoms with Crippen molar-refractivity contribution < 1.29 is 24.2 Å². The number of unbranched alkanes of at least 4 members (excludes halogenated alkanes) is 3. The maximum atomic E-state index is 11.8. The van der Waals surface area contributed by atoms with Gasteiger partial charge in [0.2, 0.25) is 0 Å². The monoisotopic (exact) mass is 344 g/mol. The molecule has 0 saturated heterocycles. The van der Waals surface area contributed by atoms with Crippen molar-refractivity contribution in [3.8, 4) is 0 Å². The summed E-state index contributed by atoms with van der Waals surface area (Å²) in [4.78, 5) is 22.7. The van der Waals surface area contributed by atoms with Crippen molar-refractivity contribution in [2.45, 2.75) is 79.6 Å². The standard InChI is InChI=1S/C19H36O5/c1-6-24-17(22)19(4,5)13-8-7-10-14-23-15-11-9-12-18(2,3)16(20)21/h6-15H2,1-5H3,(H,20,21). The van der Waals surface area contributed by atoms with E-state index in [1.165, 1.54) is 0 Å². The van der Waals surface area contributed by atoms with Gasteiger partial charge < -0.3 is 14.6 Å². The number of hydrogen-bond acceptors (Lipinski definition) is 4. The van der Waals surface area contributed by atoms with Gasteiger partial charge in [-0.15, -0.1) is 0 Å². The largest absolute Gasteiger partial charge is 0.481 e. The van der Waals surface area contributed by atoms with Crippen LogP contribution >= 0.6 is 0 Å². The Morgan fingerprint density at radius 3 is 1.88 bits per heavy atom. The van der Waals surface area contributed by atoms with Crippen molar-refractivity contribution >= 4 is 11.9 Å². The molecular formula is C19H36O5. The quantitative estimate of drug-likeness (QED) is 0.373. The summed E-state index contributed by atoms with van der Waals surface area (Å²) in [7, 11) is 0. The Bertz CT molecular complexity index is 374. The normalized spacial score (nSPS) is 12.2. The number of aliphatic carboxylic acids is 1. The Balaban J connectivity index is 3.55. The highest BCUT2D eigenvalue weighted by Gasteiger charge is 2.28. The molecule has 0 aliphatic heterocycles. The molecule has 0 atom stereocenters. The average molecular weight is 344 g/mol. The number of carbonyl (C=O) groups is 2. The Morgan fingerprint density at radius 2 is 1.33 bits per heavy atom. The van der Waals surface area contributed by atoms with Gasteiger partial charge in [0.05, 0.1) is 17.4 Å². The molecule has 0 rings (SSSR count). The van der Waals surface area contributed by atoms with Crippen LogP contribution in [0, 0.1) is 10.8 Å². The minimum absolute atomic E-state index is 0.120. The van der Waals surface area contributed by atoms with E-state index in [0.717, 1.165) is 45.1 Å². The van der Waals surface area contributed by atoms with Gasteiger partial charge in [-0.2, -0.15) is 0 Å². The summed E-state index contributed by atoms with van der Waals surface area (Å²) in [6.07, 6.45) is 6.28. The second-order valence-electron chi connectivity index (χ2n) is 7.67. The van der Waals surface area contributed by atoms with Crippen molar-refractivity contribution in [3.63, 3.8) is 0 Å². The van der Waals surface area contributed by atoms with E-state index in [1.807, 2.05) is 20.8 Å². The van der Waals surface area contributed by atoms with Gasteiger partial charge in [-0.05, 0) is 60.3 Å². The highest BCUT2D eigenvalue weighted by Crippen LogP contribution is 2.25. The fourth-order valence-corrected chi connectivity index (χ4v) is 2.36. The van der Waals surface area contributed by atoms with Crippen LogP contribution in [-0.4, -0.2) is 36.9 Å². The van der Waals surface area contributed by atoms with Crippen LogP contribution in [0.5, 0.6) is 0 Å². The summed E-state index contributed by atoms with van der Waals surface area (Å²) in [6.45, 7) is 11.0. The predicted octanol–water partition coefficient (Wildman–Crippen LogP) is 4.43. The van der Waals surface area contributed by atoms with E-state index in [2.05, 4.69) is 0 Å². The van der Waals surface area contributed by atoms with Crippen molar-refractivity contribution in [1.29, 1.82) is 0 Å². The molecule has 24 heavy (non-hydrogen) atoms. The number of carboxylic acid groups (broad SMARTS) is 1. The summed E-state index contributed by atoms with van der Waals surface area (Å²) in [5.41, 5.74) is -1.06. The fourth-order valence-electron chi connectivity index (χ4n) is 2.36. The van der Waals surface area contributed by atoms with Crippen molar-refractivity contribution in [3.05, 3.63) is 0 Å². The predicted molar refractivity (Wildman–Crippen MR) is 95.0 cm³/mol. The van der Waals surface area contributed by atoms with Crippen LogP contribution in [0.4, 0.5) is 0 Å². The maximum Gasteiger partial charge on any atom is 0.311 e. The summed E-state index contributed by atoms with van der Waals surface area (Å²) in [6, 6.07) is 0. The minimum atomic E-state index is -0.742. The molecule has 0 heterocycles. The number of rotatable bonds is 14. The van der Waals surface area contributed by atoms with Crippen LogP contribution in [0.3, 0.4) is 0 Å². The van der Waals surface area contributed by atoms with Gasteiger partial charge in [-0.3, -0.25) is 9.59 Å². The fraction of sp³-hybridized carbons (Fsp3) is 0.895. The number of carboxylic acids is 1. The zero-order valence-electron chi connectivity index (χ0n) is 16.2. The molecule has 0 aliphatic rings. The zero-order valence-corrected chi connectivity index (χ0v) is 16.2. The molecule has 142 valence electrons. The molecule has 0 bridgehead atoms. The minimum Gasteiger partial charge on any atom is -0.481 e. The van der Waals surface area contributed by atoms with E-state index in [4.69, 9.17) is 14.6 Å². The smallest absolute Gasteiger partial charge is 0.311 e. The van der Waals surface area contributed by atoms with E-state index in [9.17, 15) is 9.59 Å². The van der Waals surface area contributed by atoms with Crippen molar-refractivity contribution in [2.24, 2.45) is 10.8 Å².